The fourth-order valence-electron chi connectivity index (χ4n) is 3.23. The SMILES string of the molecule is O=C1CCCN1CCN1C[C@@H](Cc2cnccn2)[C@H](O)C1.O=CO. The first-order valence-electron chi connectivity index (χ1n) is 8.15. The van der Waals surface area contributed by atoms with Gasteiger partial charge in [0.25, 0.3) is 6.47 Å². The minimum absolute atomic E-state index is 0.205. The standard InChI is InChI=1S/C15H22N4O2.CH2O2/c20-14-11-18(6-7-19-5-1-2-15(19)21)10-12(14)8-13-9-16-3-4-17-13;2-1-3/h3-4,9,12,14,20H,1-2,5-8,10-11H2;1H,(H,2,3)/t12-,14-;/m1./s1. The first-order chi connectivity index (χ1) is 11.6. The van der Waals surface area contributed by atoms with Crippen LogP contribution >= 0.6 is 0 Å². The Hall–Kier alpha value is -2.06. The molecule has 0 bridgehead atoms. The third-order valence-electron chi connectivity index (χ3n) is 4.43. The van der Waals surface area contributed by atoms with Gasteiger partial charge in [-0.25, -0.2) is 0 Å². The molecule has 8 nitrogen and oxygen atoms in total. The topological polar surface area (TPSA) is 107 Å². The Kier molecular flexibility index (Phi) is 7.07. The molecular weight excluding hydrogens is 312 g/mol. The van der Waals surface area contributed by atoms with Crippen molar-refractivity contribution in [1.82, 2.24) is 19.8 Å². The molecule has 0 saturated carbocycles. The Morgan fingerprint density at radius 3 is 2.71 bits per heavy atom. The third kappa shape index (κ3) is 5.24. The van der Waals surface area contributed by atoms with Crippen LogP contribution < -0.4 is 0 Å². The number of carboxylic acid groups (broad SMARTS) is 1. The molecule has 0 unspecified atom stereocenters. The summed E-state index contributed by atoms with van der Waals surface area (Å²) in [6.07, 6.45) is 7.23. The van der Waals surface area contributed by atoms with Crippen LogP contribution in [-0.2, 0) is 16.0 Å². The molecule has 2 aliphatic heterocycles. The van der Waals surface area contributed by atoms with Crippen molar-refractivity contribution in [3.63, 3.8) is 0 Å². The fraction of sp³-hybridized carbons (Fsp3) is 0.625. The summed E-state index contributed by atoms with van der Waals surface area (Å²) in [6, 6.07) is 0. The third-order valence-corrected chi connectivity index (χ3v) is 4.43. The number of aliphatic hydroxyl groups excluding tert-OH is 1. The number of carbonyl (C=O) groups excluding carboxylic acids is 1. The first kappa shape index (κ1) is 18.3. The summed E-state index contributed by atoms with van der Waals surface area (Å²) in [5.74, 6) is 0.474. The van der Waals surface area contributed by atoms with E-state index in [1.165, 1.54) is 0 Å². The number of aromatic nitrogens is 2. The molecule has 3 heterocycles. The van der Waals surface area contributed by atoms with E-state index in [1.54, 1.807) is 18.6 Å². The lowest BCUT2D eigenvalue weighted by molar-refractivity contribution is -0.128. The van der Waals surface area contributed by atoms with E-state index in [9.17, 15) is 9.90 Å². The van der Waals surface area contributed by atoms with E-state index in [2.05, 4.69) is 14.9 Å². The number of amides is 1. The van der Waals surface area contributed by atoms with Crippen molar-refractivity contribution < 1.29 is 19.8 Å². The van der Waals surface area contributed by atoms with E-state index in [4.69, 9.17) is 9.90 Å². The van der Waals surface area contributed by atoms with Crippen molar-refractivity contribution in [2.75, 3.05) is 32.7 Å². The van der Waals surface area contributed by atoms with Gasteiger partial charge >= 0.3 is 0 Å². The molecule has 0 radical (unpaired) electrons. The minimum Gasteiger partial charge on any atom is -0.483 e. The lowest BCUT2D eigenvalue weighted by atomic mass is 10.0. The van der Waals surface area contributed by atoms with Crippen molar-refractivity contribution >= 4 is 12.4 Å². The van der Waals surface area contributed by atoms with E-state index in [-0.39, 0.29) is 24.4 Å². The van der Waals surface area contributed by atoms with Gasteiger partial charge in [-0.2, -0.15) is 0 Å². The molecule has 0 spiro atoms. The fourth-order valence-corrected chi connectivity index (χ4v) is 3.23. The maximum atomic E-state index is 11.6. The van der Waals surface area contributed by atoms with Crippen LogP contribution in [0.2, 0.25) is 0 Å². The quantitative estimate of drug-likeness (QED) is 0.707. The largest absolute Gasteiger partial charge is 0.483 e. The van der Waals surface area contributed by atoms with Crippen LogP contribution in [0.5, 0.6) is 0 Å². The molecule has 24 heavy (non-hydrogen) atoms. The molecule has 2 aliphatic rings. The Morgan fingerprint density at radius 2 is 2.08 bits per heavy atom. The molecule has 2 N–H and O–H groups in total. The number of hydrogen-bond donors (Lipinski definition) is 2. The van der Waals surface area contributed by atoms with Gasteiger partial charge < -0.3 is 15.1 Å². The Labute approximate surface area is 141 Å². The van der Waals surface area contributed by atoms with E-state index in [1.807, 2.05) is 4.90 Å². The maximum absolute atomic E-state index is 11.6. The first-order valence-corrected chi connectivity index (χ1v) is 8.15. The average Bonchev–Trinajstić information content (AvgIpc) is 3.13. The number of likely N-dealkylation sites (tertiary alicyclic amines) is 2. The van der Waals surface area contributed by atoms with Gasteiger partial charge in [-0.05, 0) is 12.8 Å². The number of hydrogen-bond acceptors (Lipinski definition) is 6. The summed E-state index contributed by atoms with van der Waals surface area (Å²) >= 11 is 0. The monoisotopic (exact) mass is 336 g/mol. The molecule has 1 amide bonds. The van der Waals surface area contributed by atoms with Gasteiger partial charge in [-0.15, -0.1) is 0 Å². The summed E-state index contributed by atoms with van der Waals surface area (Å²) in [5.41, 5.74) is 0.929. The summed E-state index contributed by atoms with van der Waals surface area (Å²) in [7, 11) is 0. The zero-order valence-electron chi connectivity index (χ0n) is 13.6. The molecule has 1 aromatic heterocycles. The zero-order valence-corrected chi connectivity index (χ0v) is 13.6. The van der Waals surface area contributed by atoms with Crippen LogP contribution in [0.3, 0.4) is 0 Å². The van der Waals surface area contributed by atoms with Crippen molar-refractivity contribution in [3.8, 4) is 0 Å². The van der Waals surface area contributed by atoms with E-state index >= 15 is 0 Å². The second-order valence-corrected chi connectivity index (χ2v) is 6.08. The van der Waals surface area contributed by atoms with Crippen LogP contribution in [0.1, 0.15) is 18.5 Å². The number of aliphatic hydroxyl groups is 1. The van der Waals surface area contributed by atoms with Crippen molar-refractivity contribution in [2.45, 2.75) is 25.4 Å². The van der Waals surface area contributed by atoms with Gasteiger partial charge in [-0.3, -0.25) is 24.5 Å². The maximum Gasteiger partial charge on any atom is 0.290 e. The summed E-state index contributed by atoms with van der Waals surface area (Å²) in [4.78, 5) is 32.5. The molecule has 2 atom stereocenters. The molecule has 0 aliphatic carbocycles. The zero-order chi connectivity index (χ0) is 17.4. The average molecular weight is 336 g/mol. The highest BCUT2D eigenvalue weighted by atomic mass is 16.3. The molecule has 0 aromatic carbocycles. The number of rotatable bonds is 5. The smallest absolute Gasteiger partial charge is 0.290 e. The van der Waals surface area contributed by atoms with Crippen LogP contribution in [0.25, 0.3) is 0 Å². The van der Waals surface area contributed by atoms with Crippen LogP contribution in [-0.4, -0.2) is 81.2 Å². The van der Waals surface area contributed by atoms with Gasteiger partial charge in [0, 0.05) is 63.7 Å². The molecule has 2 saturated heterocycles. The highest BCUT2D eigenvalue weighted by molar-refractivity contribution is 5.78. The second-order valence-electron chi connectivity index (χ2n) is 6.08. The van der Waals surface area contributed by atoms with Gasteiger partial charge in [0.15, 0.2) is 0 Å². The predicted molar refractivity (Wildman–Crippen MR) is 86.2 cm³/mol. The van der Waals surface area contributed by atoms with E-state index < -0.39 is 0 Å². The van der Waals surface area contributed by atoms with Gasteiger partial charge in [0.1, 0.15) is 0 Å². The molecule has 2 fully saturated rings. The Balaban J connectivity index is 0.000000647. The Morgan fingerprint density at radius 1 is 1.29 bits per heavy atom. The normalized spacial score (nSPS) is 23.9. The van der Waals surface area contributed by atoms with Crippen molar-refractivity contribution in [1.29, 1.82) is 0 Å². The predicted octanol–water partition coefficient (Wildman–Crippen LogP) is -0.365. The number of nitrogens with zero attached hydrogens (tertiary/aromatic N) is 4. The number of β-amino-alcohol motifs (C(OH)–C–C–N with tert-alkyl or cyclic N) is 1. The van der Waals surface area contributed by atoms with Gasteiger partial charge in [0.05, 0.1) is 11.8 Å². The summed E-state index contributed by atoms with van der Waals surface area (Å²) < 4.78 is 0. The highest BCUT2D eigenvalue weighted by Gasteiger charge is 2.32. The lowest BCUT2D eigenvalue weighted by Gasteiger charge is -2.21. The summed E-state index contributed by atoms with van der Waals surface area (Å²) in [5, 5.41) is 17.1. The lowest BCUT2D eigenvalue weighted by Crippen LogP contribution is -2.35. The van der Waals surface area contributed by atoms with E-state index in [0.717, 1.165) is 44.7 Å². The van der Waals surface area contributed by atoms with Crippen molar-refractivity contribution in [3.05, 3.63) is 24.3 Å². The van der Waals surface area contributed by atoms with Gasteiger partial charge in [-0.1, -0.05) is 0 Å². The van der Waals surface area contributed by atoms with E-state index in [0.29, 0.717) is 13.0 Å². The highest BCUT2D eigenvalue weighted by Crippen LogP contribution is 2.20. The molecule has 3 rings (SSSR count). The second kappa shape index (κ2) is 9.29. The minimum atomic E-state index is -0.318. The van der Waals surface area contributed by atoms with Crippen LogP contribution in [0, 0.1) is 5.92 Å². The van der Waals surface area contributed by atoms with Crippen LogP contribution in [0.4, 0.5) is 0 Å². The van der Waals surface area contributed by atoms with Crippen LogP contribution in [0.15, 0.2) is 18.6 Å². The molecule has 1 aromatic rings. The van der Waals surface area contributed by atoms with Gasteiger partial charge in [0.2, 0.25) is 5.91 Å². The molecule has 132 valence electrons. The Bertz CT molecular complexity index is 528. The summed E-state index contributed by atoms with van der Waals surface area (Å²) in [6.45, 7) is 3.81. The van der Waals surface area contributed by atoms with Crippen molar-refractivity contribution in [2.24, 2.45) is 5.92 Å². The number of carbonyl (C=O) groups is 2. The molecule has 8 heteroatoms. The molecular formula is C16H24N4O4.